The van der Waals surface area contributed by atoms with Crippen molar-refractivity contribution in [2.45, 2.75) is 11.4 Å². The van der Waals surface area contributed by atoms with Gasteiger partial charge in [0.2, 0.25) is 0 Å². The maximum atomic E-state index is 12.4. The Balaban J connectivity index is 1.45. The Morgan fingerprint density at radius 3 is 2.38 bits per heavy atom. The summed E-state index contributed by atoms with van der Waals surface area (Å²) in [5, 5.41) is 2.17. The standard InChI is InChI=1S/C17H22ClN3O4S/c18-14-11-26(24,25)12-15(14)19-16(22)10-20-6-8-21(9-7-20)17(23)13-4-2-1-3-5-13/h1-5,14-15H,6-12H2,(H,19,22)/p+1/t14-,15+/m0/s1. The lowest BCUT2D eigenvalue weighted by Gasteiger charge is -2.32. The maximum absolute atomic E-state index is 12.4. The number of carbonyl (C=O) groups is 2. The molecule has 2 amide bonds. The molecule has 7 nitrogen and oxygen atoms in total. The number of hydrogen-bond donors (Lipinski definition) is 2. The lowest BCUT2D eigenvalue weighted by atomic mass is 10.2. The summed E-state index contributed by atoms with van der Waals surface area (Å²) in [6.45, 7) is 2.80. The molecule has 0 saturated carbocycles. The second-order valence-corrected chi connectivity index (χ2v) is 9.57. The first kappa shape index (κ1) is 19.1. The van der Waals surface area contributed by atoms with E-state index in [1.165, 1.54) is 0 Å². The number of hydrogen-bond acceptors (Lipinski definition) is 4. The van der Waals surface area contributed by atoms with Crippen molar-refractivity contribution in [3.8, 4) is 0 Å². The number of benzene rings is 1. The molecule has 0 aromatic heterocycles. The van der Waals surface area contributed by atoms with Crippen LogP contribution in [-0.2, 0) is 14.6 Å². The Morgan fingerprint density at radius 1 is 1.15 bits per heavy atom. The monoisotopic (exact) mass is 400 g/mol. The molecule has 0 unspecified atom stereocenters. The van der Waals surface area contributed by atoms with E-state index in [9.17, 15) is 18.0 Å². The zero-order chi connectivity index (χ0) is 18.7. The molecular formula is C17H23ClN3O4S+. The van der Waals surface area contributed by atoms with Crippen LogP contribution in [0.25, 0.3) is 0 Å². The molecule has 1 aromatic carbocycles. The van der Waals surface area contributed by atoms with Gasteiger partial charge in [-0.2, -0.15) is 0 Å². The molecule has 1 aromatic rings. The zero-order valence-electron chi connectivity index (χ0n) is 14.4. The topological polar surface area (TPSA) is 88.0 Å². The summed E-state index contributed by atoms with van der Waals surface area (Å²) >= 11 is 6.02. The van der Waals surface area contributed by atoms with Crippen LogP contribution >= 0.6 is 11.6 Å². The van der Waals surface area contributed by atoms with Crippen molar-refractivity contribution in [2.75, 3.05) is 44.2 Å². The van der Waals surface area contributed by atoms with Gasteiger partial charge in [0.05, 0.1) is 49.1 Å². The fourth-order valence-electron chi connectivity index (χ4n) is 3.39. The smallest absolute Gasteiger partial charge is 0.275 e. The predicted molar refractivity (Wildman–Crippen MR) is 98.1 cm³/mol. The minimum atomic E-state index is -3.16. The Hall–Kier alpha value is -1.64. The highest BCUT2D eigenvalue weighted by Crippen LogP contribution is 2.17. The number of nitrogens with zero attached hydrogens (tertiary/aromatic N) is 1. The van der Waals surface area contributed by atoms with Crippen LogP contribution in [0.2, 0.25) is 0 Å². The van der Waals surface area contributed by atoms with Crippen LogP contribution in [0.5, 0.6) is 0 Å². The normalized spacial score (nSPS) is 25.8. The lowest BCUT2D eigenvalue weighted by molar-refractivity contribution is -0.896. The fourth-order valence-corrected chi connectivity index (χ4v) is 5.94. The Bertz CT molecular complexity index is 763. The molecule has 0 aliphatic carbocycles. The van der Waals surface area contributed by atoms with Crippen LogP contribution in [0, 0.1) is 0 Å². The molecule has 2 N–H and O–H groups in total. The van der Waals surface area contributed by atoms with Crippen LogP contribution in [0.15, 0.2) is 30.3 Å². The highest BCUT2D eigenvalue weighted by molar-refractivity contribution is 7.91. The van der Waals surface area contributed by atoms with Gasteiger partial charge in [-0.05, 0) is 12.1 Å². The molecule has 2 fully saturated rings. The molecule has 2 aliphatic rings. The van der Waals surface area contributed by atoms with Gasteiger partial charge in [0.25, 0.3) is 11.8 Å². The number of halogens is 1. The molecule has 0 spiro atoms. The van der Waals surface area contributed by atoms with E-state index in [-0.39, 0.29) is 29.9 Å². The van der Waals surface area contributed by atoms with Gasteiger partial charge in [-0.1, -0.05) is 18.2 Å². The number of amides is 2. The molecule has 9 heteroatoms. The number of nitrogens with one attached hydrogen (secondary N) is 2. The third-order valence-corrected chi connectivity index (χ3v) is 7.19. The fraction of sp³-hybridized carbons (Fsp3) is 0.529. The highest BCUT2D eigenvalue weighted by atomic mass is 35.5. The van der Waals surface area contributed by atoms with E-state index in [0.29, 0.717) is 31.7 Å². The Labute approximate surface area is 158 Å². The largest absolute Gasteiger partial charge is 0.346 e. The molecule has 0 radical (unpaired) electrons. The van der Waals surface area contributed by atoms with Gasteiger partial charge in [-0.25, -0.2) is 8.42 Å². The third kappa shape index (κ3) is 4.75. The first-order valence-electron chi connectivity index (χ1n) is 8.66. The summed E-state index contributed by atoms with van der Waals surface area (Å²) in [6.07, 6.45) is 0. The van der Waals surface area contributed by atoms with Crippen molar-refractivity contribution >= 4 is 33.3 Å². The molecular weight excluding hydrogens is 378 g/mol. The lowest BCUT2D eigenvalue weighted by Crippen LogP contribution is -3.16. The number of sulfone groups is 1. The van der Waals surface area contributed by atoms with E-state index in [4.69, 9.17) is 11.6 Å². The summed E-state index contributed by atoms with van der Waals surface area (Å²) in [6, 6.07) is 8.63. The van der Waals surface area contributed by atoms with Crippen molar-refractivity contribution in [1.29, 1.82) is 0 Å². The van der Waals surface area contributed by atoms with E-state index in [1.54, 1.807) is 17.0 Å². The van der Waals surface area contributed by atoms with E-state index < -0.39 is 21.3 Å². The van der Waals surface area contributed by atoms with Crippen LogP contribution in [-0.4, -0.2) is 80.8 Å². The number of piperazine rings is 1. The molecule has 142 valence electrons. The zero-order valence-corrected chi connectivity index (χ0v) is 15.9. The van der Waals surface area contributed by atoms with E-state index in [1.807, 2.05) is 18.2 Å². The summed E-state index contributed by atoms with van der Waals surface area (Å²) in [5.74, 6) is -0.375. The predicted octanol–water partition coefficient (Wildman–Crippen LogP) is -1.45. The van der Waals surface area contributed by atoms with Crippen LogP contribution in [0.1, 0.15) is 10.4 Å². The van der Waals surface area contributed by atoms with Gasteiger partial charge >= 0.3 is 0 Å². The van der Waals surface area contributed by atoms with Gasteiger partial charge in [0.1, 0.15) is 0 Å². The van der Waals surface area contributed by atoms with Crippen molar-refractivity contribution in [3.63, 3.8) is 0 Å². The second kappa shape index (κ2) is 7.94. The SMILES string of the molecule is O=C(C[NH+]1CCN(C(=O)c2ccccc2)CC1)N[C@@H]1CS(=O)(=O)C[C@@H]1Cl. The minimum absolute atomic E-state index is 0.00949. The molecule has 2 heterocycles. The summed E-state index contributed by atoms with van der Waals surface area (Å²) in [7, 11) is -3.16. The summed E-state index contributed by atoms with van der Waals surface area (Å²) < 4.78 is 23.1. The molecule has 2 aliphatic heterocycles. The number of alkyl halides is 1. The molecule has 0 bridgehead atoms. The number of carbonyl (C=O) groups excluding carboxylic acids is 2. The second-order valence-electron chi connectivity index (χ2n) is 6.85. The summed E-state index contributed by atoms with van der Waals surface area (Å²) in [4.78, 5) is 27.5. The van der Waals surface area contributed by atoms with Crippen molar-refractivity contribution in [3.05, 3.63) is 35.9 Å². The van der Waals surface area contributed by atoms with Gasteiger partial charge in [0, 0.05) is 5.56 Å². The van der Waals surface area contributed by atoms with Crippen LogP contribution in [0.3, 0.4) is 0 Å². The molecule has 2 atom stereocenters. The van der Waals surface area contributed by atoms with E-state index in [0.717, 1.165) is 4.90 Å². The van der Waals surface area contributed by atoms with Gasteiger partial charge in [-0.3, -0.25) is 9.59 Å². The quantitative estimate of drug-likeness (QED) is 0.605. The van der Waals surface area contributed by atoms with Crippen LogP contribution < -0.4 is 10.2 Å². The van der Waals surface area contributed by atoms with Crippen molar-refractivity contribution < 1.29 is 22.9 Å². The van der Waals surface area contributed by atoms with Gasteiger partial charge in [-0.15, -0.1) is 11.6 Å². The van der Waals surface area contributed by atoms with Gasteiger partial charge < -0.3 is 15.1 Å². The number of rotatable bonds is 4. The number of quaternary nitrogens is 1. The molecule has 3 rings (SSSR count). The summed E-state index contributed by atoms with van der Waals surface area (Å²) in [5.41, 5.74) is 0.671. The third-order valence-electron chi connectivity index (χ3n) is 4.82. The maximum Gasteiger partial charge on any atom is 0.275 e. The Kier molecular flexibility index (Phi) is 5.84. The van der Waals surface area contributed by atoms with E-state index in [2.05, 4.69) is 5.32 Å². The molecule has 2 saturated heterocycles. The first-order valence-corrected chi connectivity index (χ1v) is 10.9. The van der Waals surface area contributed by atoms with E-state index >= 15 is 0 Å². The average Bonchev–Trinajstić information content (AvgIpc) is 2.87. The first-order chi connectivity index (χ1) is 12.3. The average molecular weight is 401 g/mol. The van der Waals surface area contributed by atoms with Gasteiger partial charge in [0.15, 0.2) is 16.4 Å². The van der Waals surface area contributed by atoms with Crippen LogP contribution in [0.4, 0.5) is 0 Å². The van der Waals surface area contributed by atoms with Crippen molar-refractivity contribution in [1.82, 2.24) is 10.2 Å². The molecule has 26 heavy (non-hydrogen) atoms. The van der Waals surface area contributed by atoms with Crippen molar-refractivity contribution in [2.24, 2.45) is 0 Å². The minimum Gasteiger partial charge on any atom is -0.346 e. The Morgan fingerprint density at radius 2 is 1.81 bits per heavy atom. The highest BCUT2D eigenvalue weighted by Gasteiger charge is 2.37.